The van der Waals surface area contributed by atoms with Crippen LogP contribution in [0, 0.1) is 6.92 Å². The number of aromatic hydroxyl groups is 1. The molecule has 0 amide bonds. The summed E-state index contributed by atoms with van der Waals surface area (Å²) in [5, 5.41) is 12.5. The fourth-order valence-electron chi connectivity index (χ4n) is 1.48. The summed E-state index contributed by atoms with van der Waals surface area (Å²) in [5.74, 6) is 0.893. The summed E-state index contributed by atoms with van der Waals surface area (Å²) in [7, 11) is 0. The van der Waals surface area contributed by atoms with Crippen molar-refractivity contribution in [1.82, 2.24) is 4.98 Å². The molecule has 0 atom stereocenters. The van der Waals surface area contributed by atoms with E-state index in [4.69, 9.17) is 0 Å². The van der Waals surface area contributed by atoms with Gasteiger partial charge in [-0.1, -0.05) is 0 Å². The van der Waals surface area contributed by atoms with E-state index in [1.165, 1.54) is 19.3 Å². The molecule has 0 aromatic carbocycles. The lowest BCUT2D eigenvalue weighted by Crippen LogP contribution is -2.27. The van der Waals surface area contributed by atoms with Crippen molar-refractivity contribution in [1.29, 1.82) is 0 Å². The lowest BCUT2D eigenvalue weighted by atomic mass is 9.93. The van der Waals surface area contributed by atoms with E-state index >= 15 is 0 Å². The summed E-state index contributed by atoms with van der Waals surface area (Å²) in [6.45, 7) is 1.95. The second-order valence-corrected chi connectivity index (χ2v) is 3.66. The fourth-order valence-corrected chi connectivity index (χ4v) is 1.48. The van der Waals surface area contributed by atoms with Crippen molar-refractivity contribution in [3.05, 3.63) is 17.7 Å². The maximum Gasteiger partial charge on any atom is 0.212 e. The number of nitrogens with one attached hydrogen (secondary N) is 1. The lowest BCUT2D eigenvalue weighted by molar-refractivity contribution is 0.438. The largest absolute Gasteiger partial charge is 0.493 e. The van der Waals surface area contributed by atoms with Gasteiger partial charge in [-0.05, 0) is 37.8 Å². The average Bonchev–Trinajstić information content (AvgIpc) is 1.95. The first-order chi connectivity index (χ1) is 6.24. The van der Waals surface area contributed by atoms with Gasteiger partial charge in [0.05, 0.1) is 0 Å². The molecule has 0 bridgehead atoms. The van der Waals surface area contributed by atoms with E-state index in [-0.39, 0.29) is 5.88 Å². The highest BCUT2D eigenvalue weighted by molar-refractivity contribution is 5.41. The summed E-state index contributed by atoms with van der Waals surface area (Å²) >= 11 is 0. The zero-order valence-corrected chi connectivity index (χ0v) is 7.75. The van der Waals surface area contributed by atoms with Crippen LogP contribution in [0.5, 0.6) is 5.88 Å². The summed E-state index contributed by atoms with van der Waals surface area (Å²) in [4.78, 5) is 4.00. The number of pyridine rings is 1. The van der Waals surface area contributed by atoms with E-state index < -0.39 is 0 Å². The standard InChI is InChI=1S/C10H14N2O/c1-7-5-9(12-10(13)6-7)11-8-3-2-4-8/h5-6,8H,2-4H2,1H3,(H2,11,12,13). The third-order valence-corrected chi connectivity index (χ3v) is 2.41. The molecule has 3 nitrogen and oxygen atoms in total. The highest BCUT2D eigenvalue weighted by atomic mass is 16.3. The summed E-state index contributed by atoms with van der Waals surface area (Å²) in [6, 6.07) is 4.18. The van der Waals surface area contributed by atoms with Gasteiger partial charge in [-0.3, -0.25) is 0 Å². The van der Waals surface area contributed by atoms with Gasteiger partial charge >= 0.3 is 0 Å². The Bertz CT molecular complexity index is 288. The first-order valence-electron chi connectivity index (χ1n) is 4.68. The molecule has 0 unspecified atom stereocenters. The summed E-state index contributed by atoms with van der Waals surface area (Å²) < 4.78 is 0. The molecule has 13 heavy (non-hydrogen) atoms. The molecule has 70 valence electrons. The minimum Gasteiger partial charge on any atom is -0.493 e. The minimum atomic E-state index is 0.0989. The quantitative estimate of drug-likeness (QED) is 0.728. The van der Waals surface area contributed by atoms with Gasteiger partial charge in [-0.25, -0.2) is 0 Å². The Hall–Kier alpha value is -1.25. The average molecular weight is 178 g/mol. The van der Waals surface area contributed by atoms with Crippen LogP contribution in [-0.2, 0) is 0 Å². The lowest BCUT2D eigenvalue weighted by Gasteiger charge is -2.26. The first-order valence-corrected chi connectivity index (χ1v) is 4.68. The van der Waals surface area contributed by atoms with Crippen LogP contribution < -0.4 is 5.32 Å². The monoisotopic (exact) mass is 178 g/mol. The van der Waals surface area contributed by atoms with Gasteiger partial charge in [-0.2, -0.15) is 4.98 Å². The minimum absolute atomic E-state index is 0.0989. The third-order valence-electron chi connectivity index (χ3n) is 2.41. The van der Waals surface area contributed by atoms with E-state index in [0.717, 1.165) is 11.4 Å². The maximum atomic E-state index is 9.25. The number of aryl methyl sites for hydroxylation is 1. The van der Waals surface area contributed by atoms with Crippen LogP contribution >= 0.6 is 0 Å². The smallest absolute Gasteiger partial charge is 0.212 e. The molecule has 1 aliphatic carbocycles. The topological polar surface area (TPSA) is 45.2 Å². The molecular weight excluding hydrogens is 164 g/mol. The van der Waals surface area contributed by atoms with Gasteiger partial charge in [0, 0.05) is 12.1 Å². The molecule has 0 radical (unpaired) electrons. The van der Waals surface area contributed by atoms with Crippen LogP contribution in [0.3, 0.4) is 0 Å². The van der Waals surface area contributed by atoms with Crippen LogP contribution in [0.2, 0.25) is 0 Å². The van der Waals surface area contributed by atoms with Crippen LogP contribution in [-0.4, -0.2) is 16.1 Å². The number of hydrogen-bond acceptors (Lipinski definition) is 3. The van der Waals surface area contributed by atoms with Gasteiger partial charge in [0.25, 0.3) is 0 Å². The molecule has 1 aromatic rings. The van der Waals surface area contributed by atoms with Crippen molar-refractivity contribution in [2.24, 2.45) is 0 Å². The van der Waals surface area contributed by atoms with Gasteiger partial charge in [0.1, 0.15) is 5.82 Å². The molecule has 3 heteroatoms. The first kappa shape index (κ1) is 8.35. The van der Waals surface area contributed by atoms with Crippen molar-refractivity contribution >= 4 is 5.82 Å². The second-order valence-electron chi connectivity index (χ2n) is 3.66. The van der Waals surface area contributed by atoms with Crippen molar-refractivity contribution in [3.8, 4) is 5.88 Å². The zero-order valence-electron chi connectivity index (χ0n) is 7.75. The normalized spacial score (nSPS) is 16.7. The molecule has 1 fully saturated rings. The second kappa shape index (κ2) is 3.24. The van der Waals surface area contributed by atoms with E-state index in [2.05, 4.69) is 10.3 Å². The van der Waals surface area contributed by atoms with Gasteiger partial charge in [-0.15, -0.1) is 0 Å². The fraction of sp³-hybridized carbons (Fsp3) is 0.500. The number of aromatic nitrogens is 1. The van der Waals surface area contributed by atoms with Gasteiger partial charge < -0.3 is 10.4 Å². The van der Waals surface area contributed by atoms with Gasteiger partial charge in [0.2, 0.25) is 5.88 Å². The van der Waals surface area contributed by atoms with E-state index in [9.17, 15) is 5.11 Å². The Balaban J connectivity index is 2.10. The summed E-state index contributed by atoms with van der Waals surface area (Å²) in [6.07, 6.45) is 3.74. The Morgan fingerprint density at radius 2 is 2.23 bits per heavy atom. The molecule has 0 aliphatic heterocycles. The third kappa shape index (κ3) is 1.91. The maximum absolute atomic E-state index is 9.25. The van der Waals surface area contributed by atoms with Crippen LogP contribution in [0.4, 0.5) is 5.82 Å². The Kier molecular flexibility index (Phi) is 2.08. The Morgan fingerprint density at radius 3 is 2.77 bits per heavy atom. The number of nitrogens with zero attached hydrogens (tertiary/aromatic N) is 1. The molecule has 1 aromatic heterocycles. The Labute approximate surface area is 77.8 Å². The molecule has 0 saturated heterocycles. The van der Waals surface area contributed by atoms with Crippen LogP contribution in [0.25, 0.3) is 0 Å². The van der Waals surface area contributed by atoms with Crippen molar-refractivity contribution in [2.45, 2.75) is 32.2 Å². The van der Waals surface area contributed by atoms with Crippen molar-refractivity contribution in [2.75, 3.05) is 5.32 Å². The summed E-state index contributed by atoms with van der Waals surface area (Å²) in [5.41, 5.74) is 1.04. The number of anilines is 1. The highest BCUT2D eigenvalue weighted by Gasteiger charge is 2.17. The van der Waals surface area contributed by atoms with Gasteiger partial charge in [0.15, 0.2) is 0 Å². The Morgan fingerprint density at radius 1 is 1.46 bits per heavy atom. The van der Waals surface area contributed by atoms with Crippen molar-refractivity contribution in [3.63, 3.8) is 0 Å². The number of rotatable bonds is 2. The molecular formula is C10H14N2O. The molecule has 2 rings (SSSR count). The predicted octanol–water partition coefficient (Wildman–Crippen LogP) is 2.06. The molecule has 1 saturated carbocycles. The number of hydrogen-bond donors (Lipinski definition) is 2. The molecule has 1 aliphatic rings. The van der Waals surface area contributed by atoms with Crippen molar-refractivity contribution < 1.29 is 5.11 Å². The predicted molar refractivity (Wildman–Crippen MR) is 51.9 cm³/mol. The van der Waals surface area contributed by atoms with Crippen LogP contribution in [0.15, 0.2) is 12.1 Å². The molecule has 1 heterocycles. The molecule has 0 spiro atoms. The zero-order chi connectivity index (χ0) is 9.26. The van der Waals surface area contributed by atoms with E-state index in [0.29, 0.717) is 6.04 Å². The highest BCUT2D eigenvalue weighted by Crippen LogP contribution is 2.23. The van der Waals surface area contributed by atoms with E-state index in [1.807, 2.05) is 13.0 Å². The SMILES string of the molecule is Cc1cc(O)nc(NC2CCC2)c1. The van der Waals surface area contributed by atoms with Crippen LogP contribution in [0.1, 0.15) is 24.8 Å². The van der Waals surface area contributed by atoms with E-state index in [1.54, 1.807) is 6.07 Å². The molecule has 2 N–H and O–H groups in total.